The monoisotopic (exact) mass is 343 g/mol. The number of rotatable bonds is 2. The van der Waals surface area contributed by atoms with Crippen LogP contribution in [-0.2, 0) is 0 Å². The second-order valence-electron chi connectivity index (χ2n) is 7.75. The molecule has 0 bridgehead atoms. The number of aliphatic hydroxyl groups is 1. The molecule has 1 unspecified atom stereocenters. The first kappa shape index (κ1) is 16.5. The molecular weight excluding hydrogens is 318 g/mol. The number of benzene rings is 1. The molecule has 134 valence electrons. The van der Waals surface area contributed by atoms with Crippen LogP contribution in [0.5, 0.6) is 5.75 Å². The number of aryl methyl sites for hydroxylation is 1. The number of fused-ring (bicyclic) bond motifs is 3. The highest BCUT2D eigenvalue weighted by Crippen LogP contribution is 2.50. The van der Waals surface area contributed by atoms with Gasteiger partial charge in [0.15, 0.2) is 5.76 Å². The maximum atomic E-state index is 12.4. The van der Waals surface area contributed by atoms with Crippen LogP contribution in [0.3, 0.4) is 0 Å². The minimum Gasteiger partial charge on any atom is -0.487 e. The third-order valence-corrected chi connectivity index (χ3v) is 5.46. The standard InChI is InChI=1S/C20H25NO4/c1-11(2)21-19(23)18-12(3)16-14(24-18)6-7-15-17(16)13(22)10-20(25-15)8-4-5-9-20/h6-7,11,13,22H,4-5,8-10H2,1-3H3,(H,21,23). The molecule has 1 amide bonds. The van der Waals surface area contributed by atoms with Crippen LogP contribution >= 0.6 is 0 Å². The lowest BCUT2D eigenvalue weighted by atomic mass is 9.85. The Hall–Kier alpha value is -2.01. The third kappa shape index (κ3) is 2.61. The van der Waals surface area contributed by atoms with E-state index in [2.05, 4.69) is 5.32 Å². The highest BCUT2D eigenvalue weighted by atomic mass is 16.5. The largest absolute Gasteiger partial charge is 0.487 e. The lowest BCUT2D eigenvalue weighted by Gasteiger charge is -2.38. The SMILES string of the molecule is Cc1c(C(=O)NC(C)C)oc2ccc3c(c12)C(O)CC1(CCCC1)O3. The average Bonchev–Trinajstić information content (AvgIpc) is 3.11. The van der Waals surface area contributed by atoms with Crippen LogP contribution in [0.2, 0.25) is 0 Å². The Morgan fingerprint density at radius 3 is 2.72 bits per heavy atom. The van der Waals surface area contributed by atoms with Crippen molar-refractivity contribution in [2.24, 2.45) is 0 Å². The Kier molecular flexibility index (Phi) is 3.80. The predicted octanol–water partition coefficient (Wildman–Crippen LogP) is 4.01. The molecule has 1 aromatic heterocycles. The van der Waals surface area contributed by atoms with E-state index in [1.54, 1.807) is 0 Å². The molecule has 0 radical (unpaired) electrons. The van der Waals surface area contributed by atoms with Crippen molar-refractivity contribution in [1.82, 2.24) is 5.32 Å². The van der Waals surface area contributed by atoms with Crippen LogP contribution in [0.25, 0.3) is 11.0 Å². The summed E-state index contributed by atoms with van der Waals surface area (Å²) in [5.74, 6) is 0.814. The molecule has 2 N–H and O–H groups in total. The normalized spacial score (nSPS) is 21.6. The highest BCUT2D eigenvalue weighted by Gasteiger charge is 2.43. The molecule has 1 fully saturated rings. The smallest absolute Gasteiger partial charge is 0.287 e. The molecule has 4 rings (SSSR count). The van der Waals surface area contributed by atoms with Crippen LogP contribution in [0.15, 0.2) is 16.5 Å². The van der Waals surface area contributed by atoms with Crippen molar-refractivity contribution in [3.8, 4) is 5.75 Å². The Labute approximate surface area is 147 Å². The maximum absolute atomic E-state index is 12.4. The number of nitrogens with one attached hydrogen (secondary N) is 1. The first-order valence-corrected chi connectivity index (χ1v) is 9.14. The topological polar surface area (TPSA) is 71.7 Å². The molecule has 5 heteroatoms. The number of ether oxygens (including phenoxy) is 1. The van der Waals surface area contributed by atoms with Crippen molar-refractivity contribution in [1.29, 1.82) is 0 Å². The number of hydrogen-bond acceptors (Lipinski definition) is 4. The summed E-state index contributed by atoms with van der Waals surface area (Å²) >= 11 is 0. The van der Waals surface area contributed by atoms with Crippen LogP contribution in [-0.4, -0.2) is 22.7 Å². The number of furan rings is 1. The van der Waals surface area contributed by atoms with Gasteiger partial charge in [-0.2, -0.15) is 0 Å². The van der Waals surface area contributed by atoms with Crippen LogP contribution in [0, 0.1) is 6.92 Å². The van der Waals surface area contributed by atoms with E-state index in [1.165, 1.54) is 0 Å². The number of carbonyl (C=O) groups is 1. The molecule has 1 aromatic carbocycles. The van der Waals surface area contributed by atoms with Crippen molar-refractivity contribution in [3.05, 3.63) is 29.0 Å². The van der Waals surface area contributed by atoms with Crippen LogP contribution in [0.4, 0.5) is 0 Å². The molecular formula is C20H25NO4. The van der Waals surface area contributed by atoms with E-state index >= 15 is 0 Å². The van der Waals surface area contributed by atoms with Crippen molar-refractivity contribution in [2.45, 2.75) is 70.6 Å². The molecule has 1 spiro atoms. The summed E-state index contributed by atoms with van der Waals surface area (Å²) in [4.78, 5) is 12.4. The summed E-state index contributed by atoms with van der Waals surface area (Å²) in [6.07, 6.45) is 4.30. The van der Waals surface area contributed by atoms with Crippen molar-refractivity contribution in [3.63, 3.8) is 0 Å². The van der Waals surface area contributed by atoms with Gasteiger partial charge >= 0.3 is 0 Å². The van der Waals surface area contributed by atoms with Gasteiger partial charge in [-0.05, 0) is 58.6 Å². The number of hydrogen-bond donors (Lipinski definition) is 2. The van der Waals surface area contributed by atoms with E-state index in [1.807, 2.05) is 32.9 Å². The summed E-state index contributed by atoms with van der Waals surface area (Å²) in [5, 5.41) is 14.6. The van der Waals surface area contributed by atoms with Crippen molar-refractivity contribution in [2.75, 3.05) is 0 Å². The van der Waals surface area contributed by atoms with Gasteiger partial charge in [-0.15, -0.1) is 0 Å². The van der Waals surface area contributed by atoms with Gasteiger partial charge in [0.25, 0.3) is 5.91 Å². The van der Waals surface area contributed by atoms with Gasteiger partial charge < -0.3 is 19.6 Å². The van der Waals surface area contributed by atoms with Crippen LogP contribution in [0.1, 0.15) is 73.7 Å². The first-order chi connectivity index (χ1) is 11.9. The van der Waals surface area contributed by atoms with E-state index < -0.39 is 6.10 Å². The van der Waals surface area contributed by atoms with Crippen LogP contribution < -0.4 is 10.1 Å². The summed E-state index contributed by atoms with van der Waals surface area (Å²) in [6.45, 7) is 5.70. The Morgan fingerprint density at radius 2 is 2.04 bits per heavy atom. The van der Waals surface area contributed by atoms with E-state index in [4.69, 9.17) is 9.15 Å². The second kappa shape index (κ2) is 5.77. The number of carbonyl (C=O) groups excluding carboxylic acids is 1. The number of amides is 1. The second-order valence-corrected chi connectivity index (χ2v) is 7.75. The summed E-state index contributed by atoms with van der Waals surface area (Å²) in [7, 11) is 0. The fourth-order valence-corrected chi connectivity index (χ4v) is 4.37. The molecule has 2 aliphatic rings. The first-order valence-electron chi connectivity index (χ1n) is 9.14. The minimum absolute atomic E-state index is 0.0326. The van der Waals surface area contributed by atoms with Crippen molar-refractivity contribution >= 4 is 16.9 Å². The minimum atomic E-state index is -0.595. The lowest BCUT2D eigenvalue weighted by molar-refractivity contribution is -0.00845. The molecule has 25 heavy (non-hydrogen) atoms. The third-order valence-electron chi connectivity index (χ3n) is 5.46. The zero-order valence-electron chi connectivity index (χ0n) is 15.0. The summed E-state index contributed by atoms with van der Waals surface area (Å²) in [5.41, 5.74) is 1.92. The lowest BCUT2D eigenvalue weighted by Crippen LogP contribution is -2.38. The van der Waals surface area contributed by atoms with Crippen molar-refractivity contribution < 1.29 is 19.1 Å². The van der Waals surface area contributed by atoms with Gasteiger partial charge in [-0.1, -0.05) is 0 Å². The molecule has 2 heterocycles. The summed E-state index contributed by atoms with van der Waals surface area (Å²) in [6, 6.07) is 3.74. The number of aliphatic hydroxyl groups excluding tert-OH is 1. The summed E-state index contributed by atoms with van der Waals surface area (Å²) < 4.78 is 12.2. The maximum Gasteiger partial charge on any atom is 0.287 e. The quantitative estimate of drug-likeness (QED) is 0.864. The zero-order chi connectivity index (χ0) is 17.8. The Morgan fingerprint density at radius 1 is 1.32 bits per heavy atom. The zero-order valence-corrected chi connectivity index (χ0v) is 15.0. The molecule has 5 nitrogen and oxygen atoms in total. The Bertz CT molecular complexity index is 830. The van der Waals surface area contributed by atoms with Gasteiger partial charge in [0, 0.05) is 29.0 Å². The fraction of sp³-hybridized carbons (Fsp3) is 0.550. The van der Waals surface area contributed by atoms with Gasteiger partial charge in [-0.3, -0.25) is 4.79 Å². The molecule has 0 saturated heterocycles. The predicted molar refractivity (Wildman–Crippen MR) is 95.0 cm³/mol. The molecule has 1 atom stereocenters. The highest BCUT2D eigenvalue weighted by molar-refractivity contribution is 6.00. The van der Waals surface area contributed by atoms with E-state index in [0.29, 0.717) is 17.8 Å². The van der Waals surface area contributed by atoms with E-state index in [9.17, 15) is 9.90 Å². The van der Waals surface area contributed by atoms with Gasteiger partial charge in [0.2, 0.25) is 0 Å². The van der Waals surface area contributed by atoms with Gasteiger partial charge in [0.1, 0.15) is 16.9 Å². The molecule has 1 aliphatic heterocycles. The molecule has 2 aromatic rings. The average molecular weight is 343 g/mol. The van der Waals surface area contributed by atoms with E-state index in [-0.39, 0.29) is 17.6 Å². The van der Waals surface area contributed by atoms with Gasteiger partial charge in [-0.25, -0.2) is 0 Å². The molecule has 1 aliphatic carbocycles. The van der Waals surface area contributed by atoms with Gasteiger partial charge in [0.05, 0.1) is 6.10 Å². The molecule has 1 saturated carbocycles. The Balaban J connectivity index is 1.81. The fourth-order valence-electron chi connectivity index (χ4n) is 4.37. The van der Waals surface area contributed by atoms with E-state index in [0.717, 1.165) is 47.9 Å².